The molecule has 1 aliphatic rings. The van der Waals surface area contributed by atoms with Crippen molar-refractivity contribution in [3.63, 3.8) is 0 Å². The highest BCUT2D eigenvalue weighted by Gasteiger charge is 2.31. The van der Waals surface area contributed by atoms with Gasteiger partial charge in [0.15, 0.2) is 0 Å². The Labute approximate surface area is 164 Å². The van der Waals surface area contributed by atoms with Gasteiger partial charge in [-0.3, -0.25) is 4.79 Å². The third-order valence-corrected chi connectivity index (χ3v) is 4.72. The van der Waals surface area contributed by atoms with Gasteiger partial charge in [0.25, 0.3) is 0 Å². The highest BCUT2D eigenvalue weighted by atomic mass is 16.5. The van der Waals surface area contributed by atoms with Gasteiger partial charge < -0.3 is 15.4 Å². The molecule has 7 heteroatoms. The highest BCUT2D eigenvalue weighted by molar-refractivity contribution is 5.82. The molecule has 0 bridgehead atoms. The predicted octanol–water partition coefficient (Wildman–Crippen LogP) is 2.44. The first-order valence-electron chi connectivity index (χ1n) is 9.12. The number of rotatable bonds is 5. The smallest absolute Gasteiger partial charge is 0.240 e. The summed E-state index contributed by atoms with van der Waals surface area (Å²) in [5.41, 5.74) is 8.09. The van der Waals surface area contributed by atoms with Gasteiger partial charge in [0.2, 0.25) is 11.8 Å². The SMILES string of the molecule is Cc1ccc(C#N)c(Oc2ccc(CC(N)C(=O)N3CCCC3C#N)cc2)n1. The normalized spacial score (nSPS) is 16.9. The van der Waals surface area contributed by atoms with E-state index in [1.165, 1.54) is 0 Å². The van der Waals surface area contributed by atoms with Crippen molar-refractivity contribution in [2.24, 2.45) is 5.73 Å². The van der Waals surface area contributed by atoms with E-state index in [1.807, 2.05) is 19.1 Å². The van der Waals surface area contributed by atoms with Crippen LogP contribution >= 0.6 is 0 Å². The van der Waals surface area contributed by atoms with Crippen LogP contribution in [0.5, 0.6) is 11.6 Å². The molecule has 3 rings (SSSR count). The molecule has 1 aliphatic heterocycles. The van der Waals surface area contributed by atoms with E-state index in [9.17, 15) is 4.79 Å². The van der Waals surface area contributed by atoms with Crippen molar-refractivity contribution >= 4 is 5.91 Å². The second-order valence-corrected chi connectivity index (χ2v) is 6.79. The molecule has 0 saturated carbocycles. The third kappa shape index (κ3) is 4.28. The van der Waals surface area contributed by atoms with Crippen LogP contribution in [0.2, 0.25) is 0 Å². The van der Waals surface area contributed by atoms with E-state index < -0.39 is 6.04 Å². The van der Waals surface area contributed by atoms with Crippen molar-refractivity contribution in [2.75, 3.05) is 6.54 Å². The number of hydrogen-bond acceptors (Lipinski definition) is 6. The molecule has 2 aromatic rings. The molecule has 1 aromatic heterocycles. The zero-order valence-electron chi connectivity index (χ0n) is 15.6. The van der Waals surface area contributed by atoms with Gasteiger partial charge in [0, 0.05) is 12.2 Å². The van der Waals surface area contributed by atoms with Gasteiger partial charge >= 0.3 is 0 Å². The van der Waals surface area contributed by atoms with Crippen molar-refractivity contribution < 1.29 is 9.53 Å². The molecule has 7 nitrogen and oxygen atoms in total. The Balaban J connectivity index is 1.65. The van der Waals surface area contributed by atoms with E-state index in [2.05, 4.69) is 17.1 Å². The first kappa shape index (κ1) is 19.3. The summed E-state index contributed by atoms with van der Waals surface area (Å²) >= 11 is 0. The topological polar surface area (TPSA) is 116 Å². The van der Waals surface area contributed by atoms with Crippen LogP contribution in [0, 0.1) is 29.6 Å². The van der Waals surface area contributed by atoms with Crippen molar-refractivity contribution in [1.29, 1.82) is 10.5 Å². The van der Waals surface area contributed by atoms with E-state index in [1.54, 1.807) is 29.2 Å². The zero-order valence-corrected chi connectivity index (χ0v) is 15.6. The average Bonchev–Trinajstić information content (AvgIpc) is 3.18. The van der Waals surface area contributed by atoms with Gasteiger partial charge in [-0.25, -0.2) is 4.98 Å². The van der Waals surface area contributed by atoms with Crippen molar-refractivity contribution in [2.45, 2.75) is 38.3 Å². The largest absolute Gasteiger partial charge is 0.438 e. The zero-order chi connectivity index (χ0) is 20.1. The minimum absolute atomic E-state index is 0.188. The molecule has 2 heterocycles. The number of nitrogens with zero attached hydrogens (tertiary/aromatic N) is 4. The second-order valence-electron chi connectivity index (χ2n) is 6.79. The molecule has 1 amide bonds. The van der Waals surface area contributed by atoms with Gasteiger partial charge in [-0.1, -0.05) is 12.1 Å². The van der Waals surface area contributed by atoms with Crippen LogP contribution in [0.4, 0.5) is 0 Å². The fourth-order valence-corrected chi connectivity index (χ4v) is 3.22. The predicted molar refractivity (Wildman–Crippen MR) is 102 cm³/mol. The monoisotopic (exact) mass is 375 g/mol. The summed E-state index contributed by atoms with van der Waals surface area (Å²) in [7, 11) is 0. The molecule has 2 atom stereocenters. The number of carbonyl (C=O) groups is 1. The van der Waals surface area contributed by atoms with Crippen molar-refractivity contribution in [1.82, 2.24) is 9.88 Å². The molecule has 142 valence electrons. The van der Waals surface area contributed by atoms with Gasteiger partial charge in [-0.05, 0) is 56.0 Å². The quantitative estimate of drug-likeness (QED) is 0.858. The number of carbonyl (C=O) groups excluding carboxylic acids is 1. The van der Waals surface area contributed by atoms with Crippen LogP contribution in [0.3, 0.4) is 0 Å². The summed E-state index contributed by atoms with van der Waals surface area (Å²) in [5, 5.41) is 18.3. The maximum absolute atomic E-state index is 12.5. The number of ether oxygens (including phenoxy) is 1. The minimum atomic E-state index is -0.690. The van der Waals surface area contributed by atoms with Crippen LogP contribution in [0.15, 0.2) is 36.4 Å². The number of hydrogen-bond donors (Lipinski definition) is 1. The summed E-state index contributed by atoms with van der Waals surface area (Å²) in [6.45, 7) is 2.41. The number of nitrogens with two attached hydrogens (primary N) is 1. The molecule has 0 radical (unpaired) electrons. The minimum Gasteiger partial charge on any atom is -0.438 e. The maximum atomic E-state index is 12.5. The highest BCUT2D eigenvalue weighted by Crippen LogP contribution is 2.24. The lowest BCUT2D eigenvalue weighted by atomic mass is 10.0. The lowest BCUT2D eigenvalue weighted by molar-refractivity contribution is -0.132. The fraction of sp³-hybridized carbons (Fsp3) is 0.333. The molecule has 28 heavy (non-hydrogen) atoms. The number of amides is 1. The summed E-state index contributed by atoms with van der Waals surface area (Å²) in [4.78, 5) is 18.3. The Kier molecular flexibility index (Phi) is 5.88. The Bertz CT molecular complexity index is 943. The molecular formula is C21H21N5O2. The van der Waals surface area contributed by atoms with Crippen LogP contribution < -0.4 is 10.5 Å². The maximum Gasteiger partial charge on any atom is 0.240 e. The summed E-state index contributed by atoms with van der Waals surface area (Å²) in [6, 6.07) is 13.8. The van der Waals surface area contributed by atoms with Crippen molar-refractivity contribution in [3.05, 3.63) is 53.2 Å². The summed E-state index contributed by atoms with van der Waals surface area (Å²) in [5.74, 6) is 0.619. The molecule has 1 saturated heterocycles. The van der Waals surface area contributed by atoms with E-state index >= 15 is 0 Å². The molecule has 0 spiro atoms. The number of pyridine rings is 1. The number of nitriles is 2. The Morgan fingerprint density at radius 1 is 1.32 bits per heavy atom. The Morgan fingerprint density at radius 3 is 2.75 bits per heavy atom. The van der Waals surface area contributed by atoms with Gasteiger partial charge in [-0.2, -0.15) is 10.5 Å². The van der Waals surface area contributed by atoms with Crippen LogP contribution in [0.1, 0.15) is 29.7 Å². The van der Waals surface area contributed by atoms with Gasteiger partial charge in [0.05, 0.1) is 12.1 Å². The molecule has 1 fully saturated rings. The number of benzene rings is 1. The first-order valence-corrected chi connectivity index (χ1v) is 9.12. The Morgan fingerprint density at radius 2 is 2.07 bits per heavy atom. The standard InChI is InChI=1S/C21H21N5O2/c1-14-4-7-16(12-22)20(25-14)28-18-8-5-15(6-9-18)11-19(24)21(27)26-10-2-3-17(26)13-23/h4-9,17,19H,2-3,10-11,24H2,1H3. The lowest BCUT2D eigenvalue weighted by Crippen LogP contribution is -2.46. The van der Waals surface area contributed by atoms with Crippen LogP contribution in [-0.4, -0.2) is 34.4 Å². The number of likely N-dealkylation sites (tertiary alicyclic amines) is 1. The van der Waals surface area contributed by atoms with Crippen molar-refractivity contribution in [3.8, 4) is 23.8 Å². The molecule has 2 N–H and O–H groups in total. The first-order chi connectivity index (χ1) is 13.5. The van der Waals surface area contributed by atoms with E-state index in [0.717, 1.165) is 17.7 Å². The third-order valence-electron chi connectivity index (χ3n) is 4.72. The summed E-state index contributed by atoms with van der Waals surface area (Å²) in [6.07, 6.45) is 1.92. The van der Waals surface area contributed by atoms with E-state index in [0.29, 0.717) is 30.7 Å². The van der Waals surface area contributed by atoms with Crippen LogP contribution in [-0.2, 0) is 11.2 Å². The van der Waals surface area contributed by atoms with Gasteiger partial charge in [-0.15, -0.1) is 0 Å². The Hall–Kier alpha value is -3.42. The number of aromatic nitrogens is 1. The summed E-state index contributed by atoms with van der Waals surface area (Å²) < 4.78 is 5.72. The lowest BCUT2D eigenvalue weighted by Gasteiger charge is -2.23. The average molecular weight is 375 g/mol. The molecular weight excluding hydrogens is 354 g/mol. The van der Waals surface area contributed by atoms with Gasteiger partial charge in [0.1, 0.15) is 23.4 Å². The van der Waals surface area contributed by atoms with E-state index in [4.69, 9.17) is 21.0 Å². The number of aryl methyl sites for hydroxylation is 1. The second kappa shape index (κ2) is 8.51. The molecule has 0 aliphatic carbocycles. The van der Waals surface area contributed by atoms with Crippen LogP contribution in [0.25, 0.3) is 0 Å². The molecule has 2 unspecified atom stereocenters. The molecule has 1 aromatic carbocycles. The fourth-order valence-electron chi connectivity index (χ4n) is 3.22. The van der Waals surface area contributed by atoms with E-state index in [-0.39, 0.29) is 17.8 Å².